The maximum atomic E-state index is 9.53. The zero-order valence-electron chi connectivity index (χ0n) is 29.6. The van der Waals surface area contributed by atoms with Gasteiger partial charge in [-0.3, -0.25) is 0 Å². The Morgan fingerprint density at radius 3 is 0.581 bits per heavy atom. The van der Waals surface area contributed by atoms with Crippen LogP contribution in [0.1, 0.15) is 158 Å². The molecule has 9 nitrogen and oxygen atoms in total. The second-order valence-corrected chi connectivity index (χ2v) is 16.0. The van der Waals surface area contributed by atoms with Crippen molar-refractivity contribution in [1.29, 1.82) is 0 Å². The van der Waals surface area contributed by atoms with Gasteiger partial charge >= 0.3 is 53.6 Å². The summed E-state index contributed by atoms with van der Waals surface area (Å²) in [5, 5.41) is 0. The third kappa shape index (κ3) is 31.8. The molecule has 0 fully saturated rings. The van der Waals surface area contributed by atoms with E-state index in [9.17, 15) is 15.2 Å². The summed E-state index contributed by atoms with van der Waals surface area (Å²) in [4.78, 5) is 0. The summed E-state index contributed by atoms with van der Waals surface area (Å²) in [6.07, 6.45) is 22.1. The monoisotopic (exact) mass is 702 g/mol. The maximum absolute atomic E-state index is 9.53. The average Bonchev–Trinajstić information content (AvgIpc) is 2.94. The topological polar surface area (TPSA) is 118 Å². The van der Waals surface area contributed by atoms with Crippen LogP contribution in [0, 0.1) is 0 Å². The molecule has 0 bridgehead atoms. The van der Waals surface area contributed by atoms with E-state index in [0.29, 0.717) is 0 Å². The molecule has 0 radical (unpaired) electrons. The quantitative estimate of drug-likeness (QED) is 0.0871. The summed E-state index contributed by atoms with van der Waals surface area (Å²) in [6.45, 7) is 30.0. The molecule has 0 atom stereocenters. The van der Waals surface area contributed by atoms with E-state index in [-0.39, 0.29) is 0 Å². The van der Waals surface area contributed by atoms with Crippen molar-refractivity contribution < 1.29 is 62.6 Å². The fourth-order valence-electron chi connectivity index (χ4n) is 5.40. The van der Waals surface area contributed by atoms with E-state index in [4.69, 9.17) is 8.32 Å². The van der Waals surface area contributed by atoms with Gasteiger partial charge in [0.15, 0.2) is 0 Å². The second-order valence-electron chi connectivity index (χ2n) is 12.2. The molecule has 0 aliphatic heterocycles. The Labute approximate surface area is 272 Å². The summed E-state index contributed by atoms with van der Waals surface area (Å²) in [5.41, 5.74) is 0. The molecule has 0 aliphatic carbocycles. The van der Waals surface area contributed by atoms with Crippen molar-refractivity contribution in [2.75, 3.05) is 52.4 Å². The first-order valence-electron chi connectivity index (χ1n) is 17.6. The predicted molar refractivity (Wildman–Crippen MR) is 167 cm³/mol. The molecule has 0 saturated heterocycles. The van der Waals surface area contributed by atoms with Gasteiger partial charge in [-0.1, -0.05) is 107 Å². The Bertz CT molecular complexity index is 666. The molecule has 0 rings (SSSR count). The van der Waals surface area contributed by atoms with Gasteiger partial charge in [-0.2, -0.15) is 0 Å². The van der Waals surface area contributed by atoms with Gasteiger partial charge < -0.3 is 8.97 Å². The normalized spacial score (nSPS) is 12.3. The number of quaternary nitrogens is 2. The van der Waals surface area contributed by atoms with E-state index < -0.39 is 27.2 Å². The fraction of sp³-hybridized carbons (Fsp3) is 1.00. The molecular formula is C32H74Cr2N2O7+2. The molecule has 0 amide bonds. The summed E-state index contributed by atoms with van der Waals surface area (Å²) in [5.74, 6) is 0. The van der Waals surface area contributed by atoms with Crippen LogP contribution in [0.5, 0.6) is 0 Å². The van der Waals surface area contributed by atoms with Gasteiger partial charge in [0, 0.05) is 0 Å². The van der Waals surface area contributed by atoms with Crippen molar-refractivity contribution in [1.82, 2.24) is 0 Å². The SMILES string of the molecule is CCCC[N+](CCCC)(CCCC)CCCC.CCCC[N+](CCCC)(CCCC)CCCC.[O]=[Cr](=[O])([OH])[O][Cr](=[O])(=[O])[OH]. The van der Waals surface area contributed by atoms with Crippen LogP contribution in [0.3, 0.4) is 0 Å². The molecule has 0 aliphatic rings. The number of rotatable bonds is 26. The molecule has 264 valence electrons. The molecule has 0 saturated carbocycles. The zero-order chi connectivity index (χ0) is 33.7. The molecule has 0 heterocycles. The number of hydrogen-bond acceptors (Lipinski definition) is 5. The molecule has 0 aromatic heterocycles. The van der Waals surface area contributed by atoms with E-state index in [1.807, 2.05) is 0 Å². The van der Waals surface area contributed by atoms with Gasteiger partial charge in [0.05, 0.1) is 52.4 Å². The molecule has 11 heteroatoms. The van der Waals surface area contributed by atoms with Gasteiger partial charge in [-0.05, 0) is 51.4 Å². The number of nitrogens with zero attached hydrogens (tertiary/aromatic N) is 2. The third-order valence-corrected chi connectivity index (χ3v) is 10.8. The molecule has 2 N–H and O–H groups in total. The van der Waals surface area contributed by atoms with E-state index in [1.54, 1.807) is 0 Å². The Hall–Kier alpha value is 0.0649. The summed E-state index contributed by atoms with van der Waals surface area (Å²) >= 11 is -11.5. The molecule has 0 spiro atoms. The van der Waals surface area contributed by atoms with Crippen molar-refractivity contribution in [3.8, 4) is 0 Å². The molecular weight excluding hydrogens is 628 g/mol. The minimum atomic E-state index is -5.76. The number of hydrogen-bond donors (Lipinski definition) is 2. The van der Waals surface area contributed by atoms with Crippen molar-refractivity contribution in [3.05, 3.63) is 0 Å². The first-order valence-corrected chi connectivity index (χ1v) is 21.8. The molecule has 0 unspecified atom stereocenters. The van der Waals surface area contributed by atoms with Crippen LogP contribution < -0.4 is 0 Å². The first-order chi connectivity index (χ1) is 20.2. The van der Waals surface area contributed by atoms with Crippen molar-refractivity contribution in [2.24, 2.45) is 0 Å². The van der Waals surface area contributed by atoms with Crippen LogP contribution >= 0.6 is 0 Å². The van der Waals surface area contributed by atoms with Crippen LogP contribution in [0.4, 0.5) is 0 Å². The average molecular weight is 703 g/mol. The van der Waals surface area contributed by atoms with Crippen LogP contribution in [-0.2, 0) is 45.3 Å². The standard InChI is InChI=1S/2C16H36N.2Cr.2H2O.5O/c2*1-5-9-13-17(14-10-6-2,15-11-7-3)16-12-8-4;;;;;;;;;/h2*5-16H2,1-4H3;;;2*1H2;;;;;/q4*+1;;;;;;;/p-2. The van der Waals surface area contributed by atoms with E-state index in [2.05, 4.69) is 58.2 Å². The van der Waals surface area contributed by atoms with E-state index in [0.717, 1.165) is 0 Å². The zero-order valence-corrected chi connectivity index (χ0v) is 32.2. The van der Waals surface area contributed by atoms with Crippen molar-refractivity contribution >= 4 is 0 Å². The van der Waals surface area contributed by atoms with Crippen molar-refractivity contribution in [2.45, 2.75) is 158 Å². The Balaban J connectivity index is -0.000000586. The van der Waals surface area contributed by atoms with E-state index in [1.165, 1.54) is 164 Å². The summed E-state index contributed by atoms with van der Waals surface area (Å²) < 4.78 is 59.1. The van der Waals surface area contributed by atoms with E-state index >= 15 is 0 Å². The predicted octanol–water partition coefficient (Wildman–Crippen LogP) is 8.34. The van der Waals surface area contributed by atoms with Gasteiger partial charge in [-0.15, -0.1) is 0 Å². The summed E-state index contributed by atoms with van der Waals surface area (Å²) in [6, 6.07) is 0. The van der Waals surface area contributed by atoms with Crippen molar-refractivity contribution in [3.63, 3.8) is 0 Å². The molecule has 43 heavy (non-hydrogen) atoms. The Kier molecular flexibility index (Phi) is 32.5. The Morgan fingerprint density at radius 2 is 0.512 bits per heavy atom. The second kappa shape index (κ2) is 29.5. The van der Waals surface area contributed by atoms with Gasteiger partial charge in [0.1, 0.15) is 0 Å². The van der Waals surface area contributed by atoms with Gasteiger partial charge in [-0.25, -0.2) is 0 Å². The van der Waals surface area contributed by atoms with Crippen LogP contribution in [-0.4, -0.2) is 69.6 Å². The van der Waals surface area contributed by atoms with Gasteiger partial charge in [0.2, 0.25) is 0 Å². The van der Waals surface area contributed by atoms with Gasteiger partial charge in [0.25, 0.3) is 0 Å². The minimum absolute atomic E-state index is 1.35. The Morgan fingerprint density at radius 1 is 0.372 bits per heavy atom. The number of unbranched alkanes of at least 4 members (excludes halogenated alkanes) is 8. The first kappa shape index (κ1) is 47.5. The third-order valence-electron chi connectivity index (χ3n) is 8.06. The molecule has 0 aromatic carbocycles. The summed E-state index contributed by atoms with van der Waals surface area (Å²) in [7, 11) is 0. The van der Waals surface area contributed by atoms with Crippen LogP contribution in [0.25, 0.3) is 0 Å². The van der Waals surface area contributed by atoms with Crippen LogP contribution in [0.15, 0.2) is 0 Å². The van der Waals surface area contributed by atoms with Crippen LogP contribution in [0.2, 0.25) is 0 Å². The molecule has 0 aromatic rings. The fourth-order valence-corrected chi connectivity index (χ4v) is 7.14.